The molecule has 3 aromatic carbocycles. The Bertz CT molecular complexity index is 1290. The van der Waals surface area contributed by atoms with Crippen LogP contribution >= 0.6 is 0 Å². The number of rotatable bonds is 4. The van der Waals surface area contributed by atoms with Crippen molar-refractivity contribution in [1.82, 2.24) is 9.88 Å². The highest BCUT2D eigenvalue weighted by atomic mass is 16.5. The van der Waals surface area contributed by atoms with Gasteiger partial charge in [-0.15, -0.1) is 0 Å². The molecule has 0 N–H and O–H groups in total. The fraction of sp³-hybridized carbons (Fsp3) is 0.185. The van der Waals surface area contributed by atoms with Crippen molar-refractivity contribution in [2.24, 2.45) is 0 Å². The first-order valence-corrected chi connectivity index (χ1v) is 10.7. The lowest BCUT2D eigenvalue weighted by Crippen LogP contribution is -2.41. The summed E-state index contributed by atoms with van der Waals surface area (Å²) in [5.74, 6) is 1.28. The highest BCUT2D eigenvalue weighted by Crippen LogP contribution is 2.41. The summed E-state index contributed by atoms with van der Waals surface area (Å²) in [5.41, 5.74) is 4.53. The van der Waals surface area contributed by atoms with Crippen LogP contribution in [0.5, 0.6) is 11.5 Å². The van der Waals surface area contributed by atoms with Crippen molar-refractivity contribution in [3.8, 4) is 11.5 Å². The Morgan fingerprint density at radius 3 is 2.41 bits per heavy atom. The van der Waals surface area contributed by atoms with Crippen LogP contribution in [-0.2, 0) is 6.42 Å². The fourth-order valence-corrected chi connectivity index (χ4v) is 4.49. The van der Waals surface area contributed by atoms with Crippen LogP contribution in [0.3, 0.4) is 0 Å². The van der Waals surface area contributed by atoms with Gasteiger partial charge >= 0.3 is 0 Å². The molecule has 0 fully saturated rings. The van der Waals surface area contributed by atoms with Crippen molar-refractivity contribution >= 4 is 16.8 Å². The van der Waals surface area contributed by atoms with Gasteiger partial charge in [-0.05, 0) is 47.4 Å². The average molecular weight is 425 g/mol. The maximum atomic E-state index is 13.7. The molecule has 32 heavy (non-hydrogen) atoms. The van der Waals surface area contributed by atoms with Crippen molar-refractivity contribution in [3.63, 3.8) is 0 Å². The summed E-state index contributed by atoms with van der Waals surface area (Å²) < 4.78 is 11.1. The van der Waals surface area contributed by atoms with Crippen molar-refractivity contribution in [1.29, 1.82) is 0 Å². The number of carbonyl (C=O) groups excluding carboxylic acids is 1. The Hall–Kier alpha value is -3.86. The molecular weight excluding hydrogens is 400 g/mol. The third kappa shape index (κ3) is 3.46. The Labute approximate surface area is 187 Å². The van der Waals surface area contributed by atoms with E-state index in [1.165, 1.54) is 0 Å². The Morgan fingerprint density at radius 1 is 0.906 bits per heavy atom. The predicted octanol–water partition coefficient (Wildman–Crippen LogP) is 5.04. The number of hydrogen-bond acceptors (Lipinski definition) is 4. The molecule has 0 saturated carbocycles. The molecule has 1 amide bonds. The zero-order chi connectivity index (χ0) is 22.1. The van der Waals surface area contributed by atoms with Crippen molar-refractivity contribution in [3.05, 3.63) is 101 Å². The zero-order valence-electron chi connectivity index (χ0n) is 18.1. The quantitative estimate of drug-likeness (QED) is 0.461. The van der Waals surface area contributed by atoms with E-state index in [2.05, 4.69) is 17.1 Å². The maximum absolute atomic E-state index is 13.7. The second-order valence-electron chi connectivity index (χ2n) is 7.86. The SMILES string of the molecule is COc1cc2c(cc1OC)C(c1ccccc1)N(C(=O)c1ccc3ccccc3n1)CC2. The van der Waals surface area contributed by atoms with Crippen molar-refractivity contribution in [2.45, 2.75) is 12.5 Å². The predicted molar refractivity (Wildman–Crippen MR) is 124 cm³/mol. The zero-order valence-corrected chi connectivity index (χ0v) is 18.1. The standard InChI is InChI=1S/C27H24N2O3/c1-31-24-16-20-14-15-29(27(30)23-13-12-18-8-6-7-11-22(18)28-23)26(19-9-4-3-5-10-19)21(20)17-25(24)32-2/h3-13,16-17,26H,14-15H2,1-2H3. The number of aromatic nitrogens is 1. The Morgan fingerprint density at radius 2 is 1.62 bits per heavy atom. The average Bonchev–Trinajstić information content (AvgIpc) is 2.86. The van der Waals surface area contributed by atoms with Crippen LogP contribution in [0.2, 0.25) is 0 Å². The molecule has 0 spiro atoms. The van der Waals surface area contributed by atoms with Crippen LogP contribution in [0.15, 0.2) is 78.9 Å². The van der Waals surface area contributed by atoms with Gasteiger partial charge in [-0.1, -0.05) is 54.6 Å². The highest BCUT2D eigenvalue weighted by molar-refractivity contribution is 5.95. The number of methoxy groups -OCH3 is 2. The van der Waals surface area contributed by atoms with E-state index in [1.807, 2.05) is 71.6 Å². The number of hydrogen-bond donors (Lipinski definition) is 0. The first-order valence-electron chi connectivity index (χ1n) is 10.7. The molecule has 1 unspecified atom stereocenters. The van der Waals surface area contributed by atoms with Crippen LogP contribution < -0.4 is 9.47 Å². The van der Waals surface area contributed by atoms with E-state index >= 15 is 0 Å². The van der Waals surface area contributed by atoms with Gasteiger partial charge in [0.15, 0.2) is 11.5 Å². The van der Waals surface area contributed by atoms with Crippen LogP contribution in [0, 0.1) is 0 Å². The second-order valence-corrected chi connectivity index (χ2v) is 7.86. The molecule has 0 aliphatic carbocycles. The first-order chi connectivity index (χ1) is 15.7. The van der Waals surface area contributed by atoms with Gasteiger partial charge < -0.3 is 14.4 Å². The molecular formula is C27H24N2O3. The third-order valence-corrected chi connectivity index (χ3v) is 6.07. The lowest BCUT2D eigenvalue weighted by Gasteiger charge is -2.38. The number of para-hydroxylation sites is 1. The van der Waals surface area contributed by atoms with Crippen LogP contribution in [0.25, 0.3) is 10.9 Å². The minimum atomic E-state index is -0.236. The van der Waals surface area contributed by atoms with Gasteiger partial charge in [0.05, 0.1) is 25.8 Å². The summed E-state index contributed by atoms with van der Waals surface area (Å²) in [5, 5.41) is 1.02. The van der Waals surface area contributed by atoms with E-state index in [9.17, 15) is 4.79 Å². The molecule has 1 aliphatic rings. The lowest BCUT2D eigenvalue weighted by atomic mass is 9.87. The number of amides is 1. The molecule has 2 heterocycles. The summed E-state index contributed by atoms with van der Waals surface area (Å²) in [6.45, 7) is 0.593. The van der Waals surface area contributed by atoms with E-state index in [0.29, 0.717) is 23.7 Å². The van der Waals surface area contributed by atoms with Gasteiger partial charge in [0.2, 0.25) is 0 Å². The fourth-order valence-electron chi connectivity index (χ4n) is 4.49. The van der Waals surface area contributed by atoms with Crippen molar-refractivity contribution in [2.75, 3.05) is 20.8 Å². The number of ether oxygens (including phenoxy) is 2. The normalized spacial score (nSPS) is 15.3. The van der Waals surface area contributed by atoms with E-state index in [0.717, 1.165) is 34.0 Å². The molecule has 1 aliphatic heterocycles. The molecule has 0 bridgehead atoms. The molecule has 5 heteroatoms. The van der Waals surface area contributed by atoms with Crippen LogP contribution in [0.1, 0.15) is 33.2 Å². The number of benzene rings is 3. The highest BCUT2D eigenvalue weighted by Gasteiger charge is 2.34. The van der Waals surface area contributed by atoms with Gasteiger partial charge in [-0.2, -0.15) is 0 Å². The Kier molecular flexibility index (Phi) is 5.23. The van der Waals surface area contributed by atoms with Crippen molar-refractivity contribution < 1.29 is 14.3 Å². The van der Waals surface area contributed by atoms with Gasteiger partial charge in [-0.3, -0.25) is 4.79 Å². The summed E-state index contributed by atoms with van der Waals surface area (Å²) in [4.78, 5) is 20.3. The van der Waals surface area contributed by atoms with Crippen LogP contribution in [-0.4, -0.2) is 36.6 Å². The minimum absolute atomic E-state index is 0.0787. The topological polar surface area (TPSA) is 51.7 Å². The number of fused-ring (bicyclic) bond motifs is 2. The van der Waals surface area contributed by atoms with E-state index < -0.39 is 0 Å². The Balaban J connectivity index is 1.62. The maximum Gasteiger partial charge on any atom is 0.273 e. The summed E-state index contributed by atoms with van der Waals surface area (Å²) in [6.07, 6.45) is 0.734. The molecule has 5 rings (SSSR count). The molecule has 1 aromatic heterocycles. The second kappa shape index (κ2) is 8.35. The number of carbonyl (C=O) groups is 1. The van der Waals surface area contributed by atoms with Crippen LogP contribution in [0.4, 0.5) is 0 Å². The number of nitrogens with zero attached hydrogens (tertiary/aromatic N) is 2. The van der Waals surface area contributed by atoms with Gasteiger partial charge in [0.25, 0.3) is 5.91 Å². The van der Waals surface area contributed by atoms with E-state index in [4.69, 9.17) is 9.47 Å². The smallest absolute Gasteiger partial charge is 0.273 e. The monoisotopic (exact) mass is 424 g/mol. The molecule has 1 atom stereocenters. The summed E-state index contributed by atoms with van der Waals surface area (Å²) >= 11 is 0. The van der Waals surface area contributed by atoms with Gasteiger partial charge in [-0.25, -0.2) is 4.98 Å². The minimum Gasteiger partial charge on any atom is -0.493 e. The first kappa shape index (κ1) is 20.1. The lowest BCUT2D eigenvalue weighted by molar-refractivity contribution is 0.0688. The molecule has 0 saturated heterocycles. The summed E-state index contributed by atoms with van der Waals surface area (Å²) in [7, 11) is 3.27. The molecule has 4 aromatic rings. The number of pyridine rings is 1. The van der Waals surface area contributed by atoms with Gasteiger partial charge in [0, 0.05) is 11.9 Å². The largest absolute Gasteiger partial charge is 0.493 e. The molecule has 0 radical (unpaired) electrons. The van der Waals surface area contributed by atoms with Gasteiger partial charge in [0.1, 0.15) is 5.69 Å². The van der Waals surface area contributed by atoms with E-state index in [-0.39, 0.29) is 11.9 Å². The summed E-state index contributed by atoms with van der Waals surface area (Å²) in [6, 6.07) is 25.5. The molecule has 160 valence electrons. The third-order valence-electron chi connectivity index (χ3n) is 6.07. The van der Waals surface area contributed by atoms with E-state index in [1.54, 1.807) is 14.2 Å². The molecule has 5 nitrogen and oxygen atoms in total.